The zero-order valence-electron chi connectivity index (χ0n) is 9.96. The van der Waals surface area contributed by atoms with Crippen molar-refractivity contribution in [3.63, 3.8) is 0 Å². The third-order valence-corrected chi connectivity index (χ3v) is 4.60. The fraction of sp³-hybridized carbons (Fsp3) is 0.727. The van der Waals surface area contributed by atoms with Gasteiger partial charge in [-0.3, -0.25) is 0 Å². The van der Waals surface area contributed by atoms with Crippen molar-refractivity contribution in [2.24, 2.45) is 5.73 Å². The molecule has 2 N–H and O–H groups in total. The Kier molecular flexibility index (Phi) is 3.66. The van der Waals surface area contributed by atoms with E-state index in [-0.39, 0.29) is 5.60 Å². The summed E-state index contributed by atoms with van der Waals surface area (Å²) in [5.74, 6) is 0. The van der Waals surface area contributed by atoms with Crippen LogP contribution in [0.4, 0.5) is 13.2 Å². The molecule has 1 aromatic rings. The van der Waals surface area contributed by atoms with Gasteiger partial charge in [-0.2, -0.15) is 13.2 Å². The molecule has 0 amide bonds. The zero-order valence-corrected chi connectivity index (χ0v) is 10.8. The van der Waals surface area contributed by atoms with Gasteiger partial charge in [0.2, 0.25) is 0 Å². The van der Waals surface area contributed by atoms with E-state index in [1.165, 1.54) is 6.20 Å². The van der Waals surface area contributed by atoms with Gasteiger partial charge in [-0.25, -0.2) is 4.98 Å². The fourth-order valence-electron chi connectivity index (χ4n) is 2.15. The van der Waals surface area contributed by atoms with Crippen LogP contribution in [0.25, 0.3) is 0 Å². The molecule has 0 bridgehead atoms. The predicted octanol–water partition coefficient (Wildman–Crippen LogP) is 3.12. The van der Waals surface area contributed by atoms with Crippen LogP contribution < -0.4 is 5.73 Å². The van der Waals surface area contributed by atoms with Crippen LogP contribution in [0, 0.1) is 0 Å². The summed E-state index contributed by atoms with van der Waals surface area (Å²) in [5.41, 5.74) is 5.70. The van der Waals surface area contributed by atoms with E-state index in [2.05, 4.69) is 4.98 Å². The fourth-order valence-corrected chi connectivity index (χ4v) is 2.94. The second-order valence-corrected chi connectivity index (χ2v) is 5.68. The minimum Gasteiger partial charge on any atom is -0.378 e. The maximum Gasteiger partial charge on any atom is 0.443 e. The molecule has 7 heteroatoms. The molecular formula is C11H15F3N2OS. The van der Waals surface area contributed by atoms with Gasteiger partial charge in [-0.05, 0) is 25.7 Å². The van der Waals surface area contributed by atoms with Crippen molar-refractivity contribution in [1.82, 2.24) is 4.98 Å². The summed E-state index contributed by atoms with van der Waals surface area (Å²) in [7, 11) is 1.62. The standard InChI is InChI=1S/C11H15F3N2OS/c1-17-10(3-2-4-10)5-7(15)8-6-16-9(18-8)11(12,13)14/h6-7H,2-5,15H2,1H3. The summed E-state index contributed by atoms with van der Waals surface area (Å²) < 4.78 is 42.7. The highest BCUT2D eigenvalue weighted by Crippen LogP contribution is 2.42. The van der Waals surface area contributed by atoms with Crippen LogP contribution in [-0.4, -0.2) is 17.7 Å². The van der Waals surface area contributed by atoms with Crippen LogP contribution in [0.15, 0.2) is 6.20 Å². The SMILES string of the molecule is COC1(CC(N)c2cnc(C(F)(F)F)s2)CCC1. The number of thiazole rings is 1. The molecule has 2 rings (SSSR count). The van der Waals surface area contributed by atoms with E-state index < -0.39 is 17.2 Å². The van der Waals surface area contributed by atoms with Gasteiger partial charge in [-0.1, -0.05) is 0 Å². The van der Waals surface area contributed by atoms with E-state index >= 15 is 0 Å². The minimum atomic E-state index is -4.39. The number of alkyl halides is 3. The molecule has 1 atom stereocenters. The lowest BCUT2D eigenvalue weighted by Gasteiger charge is -2.42. The van der Waals surface area contributed by atoms with Gasteiger partial charge in [0.1, 0.15) is 0 Å². The number of hydrogen-bond donors (Lipinski definition) is 1. The average molecular weight is 280 g/mol. The summed E-state index contributed by atoms with van der Waals surface area (Å²) in [6, 6.07) is -0.446. The second-order valence-electron chi connectivity index (χ2n) is 4.62. The monoisotopic (exact) mass is 280 g/mol. The first kappa shape index (κ1) is 13.8. The van der Waals surface area contributed by atoms with Crippen molar-refractivity contribution in [3.05, 3.63) is 16.1 Å². The Labute approximate surface area is 107 Å². The molecule has 1 heterocycles. The Morgan fingerprint density at radius 2 is 2.22 bits per heavy atom. The highest BCUT2D eigenvalue weighted by atomic mass is 32.1. The average Bonchev–Trinajstić information content (AvgIpc) is 2.71. The van der Waals surface area contributed by atoms with Gasteiger partial charge >= 0.3 is 6.18 Å². The second kappa shape index (κ2) is 4.79. The summed E-state index contributed by atoms with van der Waals surface area (Å²) in [6.45, 7) is 0. The van der Waals surface area contributed by atoms with Gasteiger partial charge in [0, 0.05) is 24.2 Å². The molecule has 0 aromatic carbocycles. The molecule has 1 fully saturated rings. The van der Waals surface area contributed by atoms with Crippen molar-refractivity contribution in [1.29, 1.82) is 0 Å². The number of aromatic nitrogens is 1. The summed E-state index contributed by atoms with van der Waals surface area (Å²) in [6.07, 6.45) is 0.294. The Bertz CT molecular complexity index is 409. The quantitative estimate of drug-likeness (QED) is 0.921. The van der Waals surface area contributed by atoms with Crippen molar-refractivity contribution >= 4 is 11.3 Å². The Morgan fingerprint density at radius 1 is 1.56 bits per heavy atom. The lowest BCUT2D eigenvalue weighted by Crippen LogP contribution is -2.41. The molecule has 18 heavy (non-hydrogen) atoms. The lowest BCUT2D eigenvalue weighted by molar-refractivity contribution is -0.137. The van der Waals surface area contributed by atoms with Crippen molar-refractivity contribution < 1.29 is 17.9 Å². The van der Waals surface area contributed by atoms with Gasteiger partial charge in [0.05, 0.1) is 5.60 Å². The van der Waals surface area contributed by atoms with Gasteiger partial charge in [0.15, 0.2) is 5.01 Å². The van der Waals surface area contributed by atoms with Crippen LogP contribution >= 0.6 is 11.3 Å². The normalized spacial score (nSPS) is 20.5. The van der Waals surface area contributed by atoms with E-state index in [0.717, 1.165) is 19.3 Å². The summed E-state index contributed by atoms with van der Waals surface area (Å²) in [5, 5.41) is -0.840. The van der Waals surface area contributed by atoms with E-state index in [4.69, 9.17) is 10.5 Å². The first-order valence-electron chi connectivity index (χ1n) is 5.70. The molecule has 1 unspecified atom stereocenters. The minimum absolute atomic E-state index is 0.248. The number of rotatable bonds is 4. The Morgan fingerprint density at radius 3 is 2.61 bits per heavy atom. The van der Waals surface area contributed by atoms with E-state index in [9.17, 15) is 13.2 Å². The molecule has 3 nitrogen and oxygen atoms in total. The van der Waals surface area contributed by atoms with Crippen LogP contribution in [0.1, 0.15) is 41.6 Å². The summed E-state index contributed by atoms with van der Waals surface area (Å²) in [4.78, 5) is 3.84. The molecule has 0 aliphatic heterocycles. The third-order valence-electron chi connectivity index (χ3n) is 3.42. The molecule has 102 valence electrons. The number of nitrogens with zero attached hydrogens (tertiary/aromatic N) is 1. The van der Waals surface area contributed by atoms with Crippen LogP contribution in [0.3, 0.4) is 0 Å². The van der Waals surface area contributed by atoms with Gasteiger partial charge in [-0.15, -0.1) is 11.3 Å². The van der Waals surface area contributed by atoms with Crippen LogP contribution in [-0.2, 0) is 10.9 Å². The number of nitrogens with two attached hydrogens (primary N) is 1. The zero-order chi connectivity index (χ0) is 13.4. The Balaban J connectivity index is 2.05. The molecule has 0 radical (unpaired) electrons. The van der Waals surface area contributed by atoms with Crippen molar-refractivity contribution in [2.75, 3.05) is 7.11 Å². The molecule has 1 saturated carbocycles. The van der Waals surface area contributed by atoms with Crippen LogP contribution in [0.2, 0.25) is 0 Å². The largest absolute Gasteiger partial charge is 0.443 e. The van der Waals surface area contributed by atoms with Crippen LogP contribution in [0.5, 0.6) is 0 Å². The highest BCUT2D eigenvalue weighted by molar-refractivity contribution is 7.11. The predicted molar refractivity (Wildman–Crippen MR) is 62.3 cm³/mol. The molecule has 0 saturated heterocycles. The van der Waals surface area contributed by atoms with Gasteiger partial charge < -0.3 is 10.5 Å². The molecule has 1 aliphatic carbocycles. The molecule has 1 aromatic heterocycles. The Hall–Kier alpha value is -0.660. The lowest BCUT2D eigenvalue weighted by atomic mass is 9.75. The first-order chi connectivity index (χ1) is 8.36. The number of hydrogen-bond acceptors (Lipinski definition) is 4. The molecular weight excluding hydrogens is 265 g/mol. The molecule has 1 aliphatic rings. The number of methoxy groups -OCH3 is 1. The van der Waals surface area contributed by atoms with E-state index in [0.29, 0.717) is 22.6 Å². The van der Waals surface area contributed by atoms with E-state index in [1.54, 1.807) is 7.11 Å². The van der Waals surface area contributed by atoms with Crippen molar-refractivity contribution in [3.8, 4) is 0 Å². The maximum absolute atomic E-state index is 12.4. The topological polar surface area (TPSA) is 48.1 Å². The number of ether oxygens (including phenoxy) is 1. The van der Waals surface area contributed by atoms with Gasteiger partial charge in [0.25, 0.3) is 0 Å². The number of halogens is 3. The third kappa shape index (κ3) is 2.67. The first-order valence-corrected chi connectivity index (χ1v) is 6.52. The van der Waals surface area contributed by atoms with Crippen molar-refractivity contribution in [2.45, 2.75) is 43.5 Å². The maximum atomic E-state index is 12.4. The summed E-state index contributed by atoms with van der Waals surface area (Å²) >= 11 is 0.617. The smallest absolute Gasteiger partial charge is 0.378 e. The highest BCUT2D eigenvalue weighted by Gasteiger charge is 2.40. The van der Waals surface area contributed by atoms with E-state index in [1.807, 2.05) is 0 Å². The molecule has 0 spiro atoms.